The first-order valence-electron chi connectivity index (χ1n) is 5.24. The molecule has 0 aliphatic heterocycles. The predicted molar refractivity (Wildman–Crippen MR) is 59.1 cm³/mol. The molecule has 1 aromatic rings. The number of nitrogen functional groups attached to an aromatic ring is 1. The van der Waals surface area contributed by atoms with Gasteiger partial charge in [-0.3, -0.25) is 0 Å². The van der Waals surface area contributed by atoms with E-state index < -0.39 is 0 Å². The highest BCUT2D eigenvalue weighted by molar-refractivity contribution is 5.50. The average molecular weight is 191 g/mol. The Balaban J connectivity index is 2.09. The number of nitrogens with one attached hydrogen (secondary N) is 1. The topological polar surface area (TPSA) is 50.9 Å². The largest absolute Gasteiger partial charge is 0.399 e. The van der Waals surface area contributed by atoms with Gasteiger partial charge in [0.05, 0.1) is 0 Å². The number of hydrogen-bond donors (Lipinski definition) is 2. The van der Waals surface area contributed by atoms with Crippen LogP contribution in [-0.4, -0.2) is 10.5 Å². The van der Waals surface area contributed by atoms with Crippen molar-refractivity contribution in [1.29, 1.82) is 0 Å². The Kier molecular flexibility index (Phi) is 2.32. The summed E-state index contributed by atoms with van der Waals surface area (Å²) in [5, 5.41) is 3.49. The second kappa shape index (κ2) is 3.48. The minimum absolute atomic E-state index is 0.292. The molecular weight excluding hydrogens is 174 g/mol. The van der Waals surface area contributed by atoms with E-state index in [1.54, 1.807) is 6.20 Å². The van der Waals surface area contributed by atoms with Crippen LogP contribution in [0.15, 0.2) is 18.3 Å². The van der Waals surface area contributed by atoms with Gasteiger partial charge in [-0.25, -0.2) is 4.98 Å². The van der Waals surface area contributed by atoms with Crippen molar-refractivity contribution in [2.45, 2.75) is 38.1 Å². The summed E-state index contributed by atoms with van der Waals surface area (Å²) >= 11 is 0. The Labute approximate surface area is 84.7 Å². The molecule has 1 aliphatic carbocycles. The lowest BCUT2D eigenvalue weighted by Gasteiger charge is -2.42. The summed E-state index contributed by atoms with van der Waals surface area (Å²) < 4.78 is 0. The van der Waals surface area contributed by atoms with Crippen molar-refractivity contribution in [3.8, 4) is 0 Å². The highest BCUT2D eigenvalue weighted by Crippen LogP contribution is 2.37. The van der Waals surface area contributed by atoms with Gasteiger partial charge in [0.25, 0.3) is 0 Å². The van der Waals surface area contributed by atoms with Crippen molar-refractivity contribution in [1.82, 2.24) is 4.98 Å². The van der Waals surface area contributed by atoms with Gasteiger partial charge in [-0.15, -0.1) is 0 Å². The molecule has 0 unspecified atom stereocenters. The van der Waals surface area contributed by atoms with Gasteiger partial charge in [0, 0.05) is 23.5 Å². The van der Waals surface area contributed by atoms with Gasteiger partial charge in [-0.05, 0) is 31.7 Å². The van der Waals surface area contributed by atoms with E-state index in [0.717, 1.165) is 17.9 Å². The van der Waals surface area contributed by atoms with Crippen LogP contribution >= 0.6 is 0 Å². The summed E-state index contributed by atoms with van der Waals surface area (Å²) in [6.07, 6.45) is 6.73. The van der Waals surface area contributed by atoms with Gasteiger partial charge in [-0.2, -0.15) is 0 Å². The van der Waals surface area contributed by atoms with Crippen molar-refractivity contribution in [3.63, 3.8) is 0 Å². The number of nitrogens with zero attached hydrogens (tertiary/aromatic N) is 1. The molecule has 0 atom stereocenters. The molecule has 1 aliphatic rings. The fraction of sp³-hybridized carbons (Fsp3) is 0.545. The molecule has 0 bridgehead atoms. The Morgan fingerprint density at radius 2 is 2.36 bits per heavy atom. The lowest BCUT2D eigenvalue weighted by molar-refractivity contribution is 0.269. The fourth-order valence-corrected chi connectivity index (χ4v) is 1.96. The van der Waals surface area contributed by atoms with Crippen LogP contribution in [0.25, 0.3) is 0 Å². The third kappa shape index (κ3) is 1.67. The molecule has 0 radical (unpaired) electrons. The molecule has 2 rings (SSSR count). The third-order valence-electron chi connectivity index (χ3n) is 3.16. The zero-order chi connectivity index (χ0) is 10.0. The molecule has 1 saturated carbocycles. The van der Waals surface area contributed by atoms with Crippen LogP contribution in [0, 0.1) is 0 Å². The standard InChI is InChI=1S/C11H17N3/c1-2-11(5-3-6-11)14-10-8-9(12)4-7-13-10/h4,7-8H,2-3,5-6H2,1H3,(H3,12,13,14). The van der Waals surface area contributed by atoms with Crippen LogP contribution in [0.2, 0.25) is 0 Å². The fourth-order valence-electron chi connectivity index (χ4n) is 1.96. The third-order valence-corrected chi connectivity index (χ3v) is 3.16. The molecule has 3 heteroatoms. The number of anilines is 2. The summed E-state index contributed by atoms with van der Waals surface area (Å²) in [6.45, 7) is 2.22. The van der Waals surface area contributed by atoms with Gasteiger partial charge in [0.2, 0.25) is 0 Å². The van der Waals surface area contributed by atoms with E-state index in [4.69, 9.17) is 5.73 Å². The quantitative estimate of drug-likeness (QED) is 0.771. The van der Waals surface area contributed by atoms with E-state index >= 15 is 0 Å². The first-order valence-corrected chi connectivity index (χ1v) is 5.24. The SMILES string of the molecule is CCC1(Nc2cc(N)ccn2)CCC1. The van der Waals surface area contributed by atoms with Crippen molar-refractivity contribution in [2.24, 2.45) is 0 Å². The van der Waals surface area contributed by atoms with Crippen molar-refractivity contribution in [2.75, 3.05) is 11.1 Å². The number of hydrogen-bond acceptors (Lipinski definition) is 3. The summed E-state index contributed by atoms with van der Waals surface area (Å²) in [4.78, 5) is 4.26. The van der Waals surface area contributed by atoms with Crippen LogP contribution in [0.5, 0.6) is 0 Å². The molecule has 0 spiro atoms. The average Bonchev–Trinajstić information content (AvgIpc) is 2.11. The number of rotatable bonds is 3. The Morgan fingerprint density at radius 1 is 1.57 bits per heavy atom. The van der Waals surface area contributed by atoms with Gasteiger partial charge in [-0.1, -0.05) is 6.92 Å². The molecule has 1 heterocycles. The molecule has 0 aromatic carbocycles. The molecule has 0 saturated heterocycles. The summed E-state index contributed by atoms with van der Waals surface area (Å²) in [7, 11) is 0. The van der Waals surface area contributed by atoms with Gasteiger partial charge >= 0.3 is 0 Å². The van der Waals surface area contributed by atoms with Gasteiger partial charge in [0.1, 0.15) is 5.82 Å². The first kappa shape index (κ1) is 9.31. The van der Waals surface area contributed by atoms with Crippen LogP contribution in [0.3, 0.4) is 0 Å². The van der Waals surface area contributed by atoms with E-state index in [-0.39, 0.29) is 0 Å². The van der Waals surface area contributed by atoms with Crippen LogP contribution < -0.4 is 11.1 Å². The van der Waals surface area contributed by atoms with E-state index in [2.05, 4.69) is 17.2 Å². The van der Waals surface area contributed by atoms with Crippen molar-refractivity contribution in [3.05, 3.63) is 18.3 Å². The molecular formula is C11H17N3. The lowest BCUT2D eigenvalue weighted by atomic mass is 9.75. The first-order chi connectivity index (χ1) is 6.74. The molecule has 76 valence electrons. The summed E-state index contributed by atoms with van der Waals surface area (Å²) in [5.74, 6) is 0.909. The number of nitrogens with two attached hydrogens (primary N) is 1. The van der Waals surface area contributed by atoms with Crippen LogP contribution in [-0.2, 0) is 0 Å². The molecule has 1 aromatic heterocycles. The highest BCUT2D eigenvalue weighted by atomic mass is 15.1. The lowest BCUT2D eigenvalue weighted by Crippen LogP contribution is -2.44. The van der Waals surface area contributed by atoms with Crippen LogP contribution in [0.1, 0.15) is 32.6 Å². The molecule has 0 amide bonds. The summed E-state index contributed by atoms with van der Waals surface area (Å²) in [5.41, 5.74) is 6.76. The van der Waals surface area contributed by atoms with E-state index in [9.17, 15) is 0 Å². The number of pyridine rings is 1. The Morgan fingerprint density at radius 3 is 2.86 bits per heavy atom. The van der Waals surface area contributed by atoms with E-state index in [1.807, 2.05) is 12.1 Å². The Bertz CT molecular complexity index is 313. The minimum Gasteiger partial charge on any atom is -0.399 e. The second-order valence-corrected chi connectivity index (χ2v) is 4.09. The van der Waals surface area contributed by atoms with E-state index in [0.29, 0.717) is 5.54 Å². The molecule has 3 N–H and O–H groups in total. The molecule has 3 nitrogen and oxygen atoms in total. The zero-order valence-corrected chi connectivity index (χ0v) is 8.59. The van der Waals surface area contributed by atoms with E-state index in [1.165, 1.54) is 19.3 Å². The maximum Gasteiger partial charge on any atom is 0.128 e. The smallest absolute Gasteiger partial charge is 0.128 e. The zero-order valence-electron chi connectivity index (χ0n) is 8.59. The van der Waals surface area contributed by atoms with Crippen molar-refractivity contribution < 1.29 is 0 Å². The Hall–Kier alpha value is -1.25. The van der Waals surface area contributed by atoms with Gasteiger partial charge < -0.3 is 11.1 Å². The second-order valence-electron chi connectivity index (χ2n) is 4.09. The maximum absolute atomic E-state index is 5.70. The van der Waals surface area contributed by atoms with Gasteiger partial charge in [0.15, 0.2) is 0 Å². The molecule has 14 heavy (non-hydrogen) atoms. The number of aromatic nitrogens is 1. The monoisotopic (exact) mass is 191 g/mol. The highest BCUT2D eigenvalue weighted by Gasteiger charge is 2.34. The van der Waals surface area contributed by atoms with Crippen LogP contribution in [0.4, 0.5) is 11.5 Å². The summed E-state index contributed by atoms with van der Waals surface area (Å²) in [6, 6.07) is 3.71. The normalized spacial score (nSPS) is 18.6. The predicted octanol–water partition coefficient (Wildman–Crippen LogP) is 2.41. The minimum atomic E-state index is 0.292. The molecule has 1 fully saturated rings. The van der Waals surface area contributed by atoms with Crippen molar-refractivity contribution >= 4 is 11.5 Å². The maximum atomic E-state index is 5.70.